The van der Waals surface area contributed by atoms with E-state index in [1.54, 1.807) is 48.5 Å². The molecule has 15 heteroatoms. The molecule has 0 unspecified atom stereocenters. The van der Waals surface area contributed by atoms with Gasteiger partial charge in [0.2, 0.25) is 0 Å². The number of hydrogen-bond acceptors (Lipinski definition) is 6. The standard InChI is InChI=1S/C23H23ClO2.C10H9ClO3.C6H5Cl.C4H4O3.Al.3ClH/c1-14(15-4-6-16(7-5-15)21(25)26)17-12-19-18(13-20(17)24)22(2,3)8-9-23(19)10-11-23;11-8-3-1-7(2-4-8)9(12)5-6-10(13)14;7-6-4-2-1-3-5-6;5-3-1-2-4(6)7-3;;;;/h4-7,12-13H,1,8-11H2,2-3H3,(H,25,26);1-4H,5-6H2,(H,13,14);1-5H;1-2H2;;3*1H/q;;;;+3;;;/p-3. The lowest BCUT2D eigenvalue weighted by molar-refractivity contribution is -0.152. The quantitative estimate of drug-likeness (QED) is 0.0810. The van der Waals surface area contributed by atoms with Crippen molar-refractivity contribution < 1.29 is 38.9 Å². The van der Waals surface area contributed by atoms with Crippen molar-refractivity contribution in [2.75, 3.05) is 0 Å². The topological polar surface area (TPSA) is 135 Å². The average molecular weight is 925 g/mol. The highest BCUT2D eigenvalue weighted by Gasteiger charge is 2.50. The number of aliphatic carboxylic acids is 1. The van der Waals surface area contributed by atoms with E-state index in [2.05, 4.69) is 37.3 Å². The smallest absolute Gasteiger partial charge is 0.481 e. The van der Waals surface area contributed by atoms with E-state index in [0.29, 0.717) is 16.0 Å². The van der Waals surface area contributed by atoms with E-state index in [9.17, 15) is 24.0 Å². The Labute approximate surface area is 370 Å². The van der Waals surface area contributed by atoms with Gasteiger partial charge in [-0.2, -0.15) is 0 Å². The summed E-state index contributed by atoms with van der Waals surface area (Å²) in [5.74, 6) is -2.86. The maximum absolute atomic E-state index is 11.4. The van der Waals surface area contributed by atoms with Crippen LogP contribution >= 0.6 is 65.0 Å². The number of ether oxygens (including phenoxy) is 1. The van der Waals surface area contributed by atoms with Crippen molar-refractivity contribution in [1.82, 2.24) is 0 Å². The highest BCUT2D eigenvalue weighted by atomic mass is 35.8. The number of carboxylic acid groups (broad SMARTS) is 2. The largest absolute Gasteiger partial charge is 0.643 e. The summed E-state index contributed by atoms with van der Waals surface area (Å²) in [6.45, 7) is 8.86. The molecule has 58 heavy (non-hydrogen) atoms. The van der Waals surface area contributed by atoms with E-state index >= 15 is 0 Å². The van der Waals surface area contributed by atoms with Crippen molar-refractivity contribution in [3.63, 3.8) is 0 Å². The number of cyclic esters (lactones) is 2. The van der Waals surface area contributed by atoms with Gasteiger partial charge in [-0.05, 0) is 119 Å². The Morgan fingerprint density at radius 3 is 1.60 bits per heavy atom. The SMILES string of the molecule is C=C(c1ccc(C(=O)O)cc1)c1cc2c(cc1Cl)C(C)(C)CCC21CC1.Clc1ccccc1.O=C(O)CCC(=O)c1ccc(Cl)cc1.O=C1CCC(=O)O1.[Cl][Al]([Cl])[Cl]. The summed E-state index contributed by atoms with van der Waals surface area (Å²) in [7, 11) is 14.8. The number of carbonyl (C=O) groups is 5. The Hall–Kier alpha value is -3.36. The number of carboxylic acids is 2. The van der Waals surface area contributed by atoms with Gasteiger partial charge in [0.15, 0.2) is 5.78 Å². The monoisotopic (exact) mass is 922 g/mol. The van der Waals surface area contributed by atoms with Crippen LogP contribution in [-0.4, -0.2) is 51.3 Å². The maximum atomic E-state index is 11.4. The molecule has 2 aliphatic carbocycles. The number of fused-ring (bicyclic) bond motifs is 2. The van der Waals surface area contributed by atoms with Gasteiger partial charge in [0.25, 0.3) is 0 Å². The summed E-state index contributed by atoms with van der Waals surface area (Å²) in [5, 5.41) is 19.5. The minimum atomic E-state index is -1.72. The van der Waals surface area contributed by atoms with Crippen LogP contribution in [0.3, 0.4) is 0 Å². The Kier molecular flexibility index (Phi) is 19.3. The minimum absolute atomic E-state index is 0.0248. The first-order valence-corrected chi connectivity index (χ1v) is 24.4. The molecule has 1 heterocycles. The molecule has 0 aromatic heterocycles. The van der Waals surface area contributed by atoms with Crippen LogP contribution in [0, 0.1) is 0 Å². The second kappa shape index (κ2) is 22.9. The van der Waals surface area contributed by atoms with Gasteiger partial charge in [0, 0.05) is 32.6 Å². The zero-order valence-electron chi connectivity index (χ0n) is 31.7. The molecule has 1 spiro atoms. The van der Waals surface area contributed by atoms with E-state index in [-0.39, 0.29) is 42.4 Å². The summed E-state index contributed by atoms with van der Waals surface area (Å²) >= 11 is 16.1. The molecular weight excluding hydrogens is 884 g/mol. The number of esters is 2. The molecule has 3 aliphatic rings. The van der Waals surface area contributed by atoms with Crippen LogP contribution in [0.25, 0.3) is 5.57 Å². The number of aromatic carboxylic acids is 1. The highest BCUT2D eigenvalue weighted by molar-refractivity contribution is 7.54. The normalized spacial score (nSPS) is 14.8. The second-order valence-electron chi connectivity index (χ2n) is 14.1. The van der Waals surface area contributed by atoms with Gasteiger partial charge in [-0.3, -0.25) is 19.2 Å². The summed E-state index contributed by atoms with van der Waals surface area (Å²) in [4.78, 5) is 52.7. The van der Waals surface area contributed by atoms with E-state index in [4.69, 9.17) is 75.2 Å². The van der Waals surface area contributed by atoms with Gasteiger partial charge in [0.1, 0.15) is 0 Å². The van der Waals surface area contributed by atoms with Crippen LogP contribution in [0.4, 0.5) is 0 Å². The Balaban J connectivity index is 0.000000233. The lowest BCUT2D eigenvalue weighted by Crippen LogP contribution is -2.30. The molecule has 1 aliphatic heterocycles. The van der Waals surface area contributed by atoms with Crippen LogP contribution in [-0.2, 0) is 30.0 Å². The number of halogens is 6. The van der Waals surface area contributed by atoms with E-state index < -0.39 is 35.3 Å². The number of rotatable bonds is 7. The predicted molar refractivity (Wildman–Crippen MR) is 234 cm³/mol. The van der Waals surface area contributed by atoms with Crippen LogP contribution in [0.15, 0.2) is 97.6 Å². The molecule has 1 saturated carbocycles. The zero-order chi connectivity index (χ0) is 43.2. The predicted octanol–water partition coefficient (Wildman–Crippen LogP) is 12.5. The van der Waals surface area contributed by atoms with Crippen molar-refractivity contribution in [2.24, 2.45) is 0 Å². The van der Waals surface area contributed by atoms with Gasteiger partial charge < -0.3 is 14.9 Å². The van der Waals surface area contributed by atoms with Crippen molar-refractivity contribution >= 4 is 112 Å². The van der Waals surface area contributed by atoms with Gasteiger partial charge >= 0.3 is 35.3 Å². The van der Waals surface area contributed by atoms with E-state index in [0.717, 1.165) is 26.7 Å². The van der Waals surface area contributed by atoms with E-state index in [1.165, 1.54) is 36.8 Å². The molecule has 0 radical (unpaired) electrons. The fourth-order valence-electron chi connectivity index (χ4n) is 6.11. The molecule has 4 aromatic rings. The van der Waals surface area contributed by atoms with Crippen LogP contribution in [0.1, 0.15) is 108 Å². The lowest BCUT2D eigenvalue weighted by atomic mass is 9.66. The number of carbonyl (C=O) groups excluding carboxylic acids is 3. The van der Waals surface area contributed by atoms with Crippen molar-refractivity contribution in [3.05, 3.63) is 146 Å². The van der Waals surface area contributed by atoms with E-state index in [1.807, 2.05) is 30.3 Å². The van der Waals surface area contributed by atoms with Gasteiger partial charge in [-0.1, -0.05) is 85.6 Å². The fraction of sp³-hybridized carbons (Fsp3) is 0.279. The van der Waals surface area contributed by atoms with Crippen molar-refractivity contribution in [3.8, 4) is 0 Å². The molecule has 2 fully saturated rings. The lowest BCUT2D eigenvalue weighted by Gasteiger charge is -2.38. The summed E-state index contributed by atoms with van der Waals surface area (Å²) < 4.78 is 4.08. The number of ketones is 1. The van der Waals surface area contributed by atoms with Crippen LogP contribution in [0.5, 0.6) is 0 Å². The Morgan fingerprint density at radius 2 is 1.17 bits per heavy atom. The first-order chi connectivity index (χ1) is 27.2. The molecule has 0 bridgehead atoms. The molecule has 8 nitrogen and oxygen atoms in total. The van der Waals surface area contributed by atoms with Crippen LogP contribution in [0.2, 0.25) is 15.1 Å². The third-order valence-electron chi connectivity index (χ3n) is 9.52. The third kappa shape index (κ3) is 15.7. The molecule has 2 N–H and O–H groups in total. The molecule has 0 atom stereocenters. The summed E-state index contributed by atoms with van der Waals surface area (Å²) in [5.41, 5.74) is 6.78. The first-order valence-electron chi connectivity index (χ1n) is 18.0. The van der Waals surface area contributed by atoms with Crippen molar-refractivity contribution in [2.45, 2.75) is 76.0 Å². The highest BCUT2D eigenvalue weighted by Crippen LogP contribution is 2.60. The molecule has 7 rings (SSSR count). The number of Topliss-reactive ketones (excluding diaryl/α,β-unsaturated/α-hetero) is 1. The van der Waals surface area contributed by atoms with Crippen molar-refractivity contribution in [1.29, 1.82) is 0 Å². The fourth-order valence-corrected chi connectivity index (χ4v) is 6.66. The minimum Gasteiger partial charge on any atom is -0.481 e. The second-order valence-corrected chi connectivity index (χ2v) is 21.8. The Morgan fingerprint density at radius 1 is 0.690 bits per heavy atom. The molecular formula is C43H41AlCl6O8. The first kappa shape index (κ1) is 49.0. The van der Waals surface area contributed by atoms with Gasteiger partial charge in [0.05, 0.1) is 24.8 Å². The zero-order valence-corrected chi connectivity index (χ0v) is 37.4. The van der Waals surface area contributed by atoms with Crippen LogP contribution < -0.4 is 0 Å². The molecule has 0 amide bonds. The molecule has 1 saturated heterocycles. The number of benzene rings is 4. The van der Waals surface area contributed by atoms with Gasteiger partial charge in [-0.25, -0.2) is 34.9 Å². The molecule has 306 valence electrons. The molecule has 4 aromatic carbocycles. The third-order valence-corrected chi connectivity index (χ3v) is 10.3. The summed E-state index contributed by atoms with van der Waals surface area (Å²) in [6, 6.07) is 27.1. The Bertz CT molecular complexity index is 2070. The number of hydrogen-bond donors (Lipinski definition) is 2. The summed E-state index contributed by atoms with van der Waals surface area (Å²) in [6.07, 6.45) is 5.38. The maximum Gasteiger partial charge on any atom is 0.643 e. The van der Waals surface area contributed by atoms with Gasteiger partial charge in [-0.15, -0.1) is 0 Å². The average Bonchev–Trinajstić information content (AvgIpc) is 3.86.